The molecule has 0 radical (unpaired) electrons. The van der Waals surface area contributed by atoms with Gasteiger partial charge in [-0.2, -0.15) is 0 Å². The van der Waals surface area contributed by atoms with Gasteiger partial charge < -0.3 is 15.2 Å². The van der Waals surface area contributed by atoms with Crippen LogP contribution in [0.1, 0.15) is 34.1 Å². The Morgan fingerprint density at radius 3 is 2.33 bits per heavy atom. The summed E-state index contributed by atoms with van der Waals surface area (Å²) in [7, 11) is 0. The van der Waals surface area contributed by atoms with Gasteiger partial charge in [0.25, 0.3) is 0 Å². The van der Waals surface area contributed by atoms with Crippen LogP contribution in [-0.4, -0.2) is 28.9 Å². The molecule has 0 aliphatic carbocycles. The SMILES string of the molecule is CC1(C)CC(C(=O)OCO)C(C)(C)N1.Cl. The maximum Gasteiger partial charge on any atom is 0.312 e. The molecule has 1 atom stereocenters. The quantitative estimate of drug-likeness (QED) is 0.557. The minimum Gasteiger partial charge on any atom is -0.438 e. The van der Waals surface area contributed by atoms with Gasteiger partial charge in [-0.25, -0.2) is 0 Å². The largest absolute Gasteiger partial charge is 0.438 e. The molecule has 1 aliphatic heterocycles. The molecule has 15 heavy (non-hydrogen) atoms. The molecule has 5 heteroatoms. The number of halogens is 1. The topological polar surface area (TPSA) is 58.6 Å². The maximum atomic E-state index is 11.5. The van der Waals surface area contributed by atoms with Crippen molar-refractivity contribution in [2.45, 2.75) is 45.2 Å². The Balaban J connectivity index is 0.00000196. The molecular formula is C10H20ClNO3. The third-order valence-electron chi connectivity index (χ3n) is 2.74. The zero-order valence-electron chi connectivity index (χ0n) is 9.66. The molecule has 0 bridgehead atoms. The highest BCUT2D eigenvalue weighted by molar-refractivity contribution is 5.85. The van der Waals surface area contributed by atoms with Crippen LogP contribution in [0.3, 0.4) is 0 Å². The molecule has 1 heterocycles. The maximum absolute atomic E-state index is 11.5. The van der Waals surface area contributed by atoms with Crippen molar-refractivity contribution >= 4 is 18.4 Å². The first kappa shape index (κ1) is 14.7. The number of hydrogen-bond acceptors (Lipinski definition) is 4. The van der Waals surface area contributed by atoms with E-state index in [1.54, 1.807) is 0 Å². The number of nitrogens with one attached hydrogen (secondary N) is 1. The summed E-state index contributed by atoms with van der Waals surface area (Å²) >= 11 is 0. The van der Waals surface area contributed by atoms with E-state index in [1.165, 1.54) is 0 Å². The Morgan fingerprint density at radius 1 is 1.47 bits per heavy atom. The number of aliphatic hydroxyl groups is 1. The summed E-state index contributed by atoms with van der Waals surface area (Å²) in [6.07, 6.45) is 0.735. The van der Waals surface area contributed by atoms with E-state index < -0.39 is 6.79 Å². The number of ether oxygens (including phenoxy) is 1. The van der Waals surface area contributed by atoms with Crippen molar-refractivity contribution in [1.29, 1.82) is 0 Å². The van der Waals surface area contributed by atoms with Crippen molar-refractivity contribution in [3.8, 4) is 0 Å². The van der Waals surface area contributed by atoms with E-state index >= 15 is 0 Å². The van der Waals surface area contributed by atoms with E-state index in [4.69, 9.17) is 5.11 Å². The van der Waals surface area contributed by atoms with E-state index in [0.29, 0.717) is 0 Å². The highest BCUT2D eigenvalue weighted by Gasteiger charge is 2.48. The third kappa shape index (κ3) is 3.33. The highest BCUT2D eigenvalue weighted by atomic mass is 35.5. The standard InChI is InChI=1S/C10H19NO3.ClH/c1-9(2)5-7(8(13)14-6-12)10(3,4)11-9;/h7,11-12H,5-6H2,1-4H3;1H. The number of aliphatic hydroxyl groups excluding tert-OH is 1. The minimum absolute atomic E-state index is 0. The number of hydrogen-bond donors (Lipinski definition) is 2. The summed E-state index contributed by atoms with van der Waals surface area (Å²) in [5.41, 5.74) is -0.321. The van der Waals surface area contributed by atoms with E-state index in [1.807, 2.05) is 13.8 Å². The van der Waals surface area contributed by atoms with Gasteiger partial charge in [0.2, 0.25) is 0 Å². The lowest BCUT2D eigenvalue weighted by atomic mass is 9.87. The first-order chi connectivity index (χ1) is 6.28. The molecule has 0 saturated carbocycles. The Bertz CT molecular complexity index is 241. The van der Waals surface area contributed by atoms with Gasteiger partial charge in [-0.3, -0.25) is 4.79 Å². The molecule has 0 aromatic heterocycles. The van der Waals surface area contributed by atoms with Crippen LogP contribution >= 0.6 is 12.4 Å². The molecule has 2 N–H and O–H groups in total. The zero-order chi connectivity index (χ0) is 11.0. The van der Waals surface area contributed by atoms with Crippen LogP contribution in [0.2, 0.25) is 0 Å². The number of carbonyl (C=O) groups excluding carboxylic acids is 1. The third-order valence-corrected chi connectivity index (χ3v) is 2.74. The second-order valence-corrected chi connectivity index (χ2v) is 5.08. The van der Waals surface area contributed by atoms with Gasteiger partial charge in [0, 0.05) is 11.1 Å². The summed E-state index contributed by atoms with van der Waals surface area (Å²) in [4.78, 5) is 11.5. The molecule has 90 valence electrons. The van der Waals surface area contributed by atoms with Gasteiger partial charge in [0.15, 0.2) is 6.79 Å². The molecule has 1 unspecified atom stereocenters. The normalized spacial score (nSPS) is 26.9. The summed E-state index contributed by atoms with van der Waals surface area (Å²) in [6.45, 7) is 7.53. The van der Waals surface area contributed by atoms with Gasteiger partial charge in [-0.15, -0.1) is 12.4 Å². The molecule has 0 aromatic carbocycles. The Kier molecular flexibility index (Phi) is 4.58. The van der Waals surface area contributed by atoms with Crippen LogP contribution in [-0.2, 0) is 9.53 Å². The molecule has 1 rings (SSSR count). The predicted molar refractivity (Wildman–Crippen MR) is 59.8 cm³/mol. The smallest absolute Gasteiger partial charge is 0.312 e. The van der Waals surface area contributed by atoms with Crippen LogP contribution in [0.25, 0.3) is 0 Å². The monoisotopic (exact) mass is 237 g/mol. The van der Waals surface area contributed by atoms with Crippen molar-refractivity contribution in [2.24, 2.45) is 5.92 Å². The fourth-order valence-corrected chi connectivity index (χ4v) is 2.32. The van der Waals surface area contributed by atoms with E-state index in [-0.39, 0.29) is 35.4 Å². The summed E-state index contributed by atoms with van der Waals surface area (Å²) in [5, 5.41) is 11.9. The molecule has 0 aromatic rings. The lowest BCUT2D eigenvalue weighted by Crippen LogP contribution is -2.46. The van der Waals surface area contributed by atoms with Crippen molar-refractivity contribution in [3.05, 3.63) is 0 Å². The summed E-state index contributed by atoms with van der Waals surface area (Å²) in [5.74, 6) is -0.514. The van der Waals surface area contributed by atoms with Crippen LogP contribution in [0, 0.1) is 5.92 Å². The van der Waals surface area contributed by atoms with Crippen LogP contribution in [0.15, 0.2) is 0 Å². The number of esters is 1. The van der Waals surface area contributed by atoms with Gasteiger partial charge in [-0.05, 0) is 34.1 Å². The van der Waals surface area contributed by atoms with Crippen LogP contribution in [0.4, 0.5) is 0 Å². The van der Waals surface area contributed by atoms with Gasteiger partial charge in [0.05, 0.1) is 5.92 Å². The molecule has 1 saturated heterocycles. The van der Waals surface area contributed by atoms with Crippen molar-refractivity contribution in [1.82, 2.24) is 5.32 Å². The Hall–Kier alpha value is -0.320. The second kappa shape index (κ2) is 4.68. The molecule has 0 spiro atoms. The number of carbonyl (C=O) groups is 1. The summed E-state index contributed by atoms with van der Waals surface area (Å²) in [6, 6.07) is 0. The molecule has 1 fully saturated rings. The van der Waals surface area contributed by atoms with Crippen molar-refractivity contribution in [3.63, 3.8) is 0 Å². The molecular weight excluding hydrogens is 218 g/mol. The first-order valence-corrected chi connectivity index (χ1v) is 4.85. The van der Waals surface area contributed by atoms with Gasteiger partial charge in [-0.1, -0.05) is 0 Å². The second-order valence-electron chi connectivity index (χ2n) is 5.08. The molecule has 4 nitrogen and oxygen atoms in total. The lowest BCUT2D eigenvalue weighted by Gasteiger charge is -2.27. The van der Waals surface area contributed by atoms with Crippen LogP contribution < -0.4 is 5.32 Å². The molecule has 0 amide bonds. The van der Waals surface area contributed by atoms with Crippen molar-refractivity contribution in [2.75, 3.05) is 6.79 Å². The average Bonchev–Trinajstić information content (AvgIpc) is 2.19. The lowest BCUT2D eigenvalue weighted by molar-refractivity contribution is -0.158. The van der Waals surface area contributed by atoms with Crippen molar-refractivity contribution < 1.29 is 14.6 Å². The first-order valence-electron chi connectivity index (χ1n) is 4.85. The summed E-state index contributed by atoms with van der Waals surface area (Å²) < 4.78 is 4.63. The predicted octanol–water partition coefficient (Wildman–Crippen LogP) is 1.07. The van der Waals surface area contributed by atoms with Gasteiger partial charge >= 0.3 is 5.97 Å². The van der Waals surface area contributed by atoms with E-state index in [0.717, 1.165) is 6.42 Å². The zero-order valence-corrected chi connectivity index (χ0v) is 10.5. The van der Waals surface area contributed by atoms with E-state index in [2.05, 4.69) is 23.9 Å². The van der Waals surface area contributed by atoms with E-state index in [9.17, 15) is 4.79 Å². The minimum atomic E-state index is -0.536. The van der Waals surface area contributed by atoms with Gasteiger partial charge in [0.1, 0.15) is 0 Å². The molecule has 1 aliphatic rings. The Labute approximate surface area is 96.8 Å². The number of rotatable bonds is 2. The Morgan fingerprint density at radius 2 is 2.00 bits per heavy atom. The fourth-order valence-electron chi connectivity index (χ4n) is 2.32. The fraction of sp³-hybridized carbons (Fsp3) is 0.900. The van der Waals surface area contributed by atoms with Crippen LogP contribution in [0.5, 0.6) is 0 Å². The highest BCUT2D eigenvalue weighted by Crippen LogP contribution is 2.36. The average molecular weight is 238 g/mol.